The van der Waals surface area contributed by atoms with Crippen molar-refractivity contribution in [2.24, 2.45) is 0 Å². The van der Waals surface area contributed by atoms with Crippen LogP contribution in [0, 0.1) is 0 Å². The molecule has 150 valence electrons. The van der Waals surface area contributed by atoms with Gasteiger partial charge in [0.25, 0.3) is 0 Å². The van der Waals surface area contributed by atoms with Crippen molar-refractivity contribution in [1.82, 2.24) is 10.3 Å². The number of pyridine rings is 1. The van der Waals surface area contributed by atoms with Gasteiger partial charge in [0.2, 0.25) is 12.2 Å². The van der Waals surface area contributed by atoms with Crippen molar-refractivity contribution in [3.8, 4) is 5.88 Å². The molecule has 0 saturated carbocycles. The van der Waals surface area contributed by atoms with Crippen LogP contribution in [0.15, 0.2) is 18.3 Å². The fraction of sp³-hybridized carbons (Fsp3) is 0.632. The van der Waals surface area contributed by atoms with Crippen LogP contribution in [0.4, 0.5) is 4.79 Å². The van der Waals surface area contributed by atoms with E-state index >= 15 is 0 Å². The highest BCUT2D eigenvalue weighted by Crippen LogP contribution is 2.19. The average molecular weight is 380 g/mol. The predicted molar refractivity (Wildman–Crippen MR) is 97.3 cm³/mol. The van der Waals surface area contributed by atoms with Crippen LogP contribution >= 0.6 is 0 Å². The van der Waals surface area contributed by atoms with Crippen LogP contribution in [0.1, 0.15) is 45.6 Å². The molecular weight excluding hydrogens is 352 g/mol. The topological polar surface area (TPSA) is 96.0 Å². The molecule has 1 amide bonds. The number of hydrogen-bond acceptors (Lipinski definition) is 7. The molecule has 1 unspecified atom stereocenters. The molecule has 0 bridgehead atoms. The summed E-state index contributed by atoms with van der Waals surface area (Å²) in [5.74, 6) is -0.143. The Morgan fingerprint density at radius 3 is 2.78 bits per heavy atom. The molecule has 1 fully saturated rings. The first kappa shape index (κ1) is 21.0. The van der Waals surface area contributed by atoms with Gasteiger partial charge >= 0.3 is 12.1 Å². The lowest BCUT2D eigenvalue weighted by Crippen LogP contribution is -2.45. The van der Waals surface area contributed by atoms with Crippen molar-refractivity contribution in [2.75, 3.05) is 13.7 Å². The minimum atomic E-state index is -0.883. The second-order valence-corrected chi connectivity index (χ2v) is 7.34. The van der Waals surface area contributed by atoms with E-state index in [9.17, 15) is 9.59 Å². The van der Waals surface area contributed by atoms with Gasteiger partial charge in [0.05, 0.1) is 13.7 Å². The van der Waals surface area contributed by atoms with Crippen LogP contribution in [0.3, 0.4) is 0 Å². The number of amides is 1. The zero-order valence-electron chi connectivity index (χ0n) is 16.3. The standard InChI is InChI=1S/C19H28N2O6/c1-19(2,3)27-18(23)21-14(17(22)24-4)11-13-8-9-20-15(12-13)26-16-7-5-6-10-25-16/h8-9,12,14,16H,5-7,10-11H2,1-4H3,(H,21,23)/t14-,16?/m0/s1. The van der Waals surface area contributed by atoms with Gasteiger partial charge in [-0.1, -0.05) is 0 Å². The third-order valence-electron chi connectivity index (χ3n) is 3.81. The lowest BCUT2D eigenvalue weighted by molar-refractivity contribution is -0.143. The van der Waals surface area contributed by atoms with Gasteiger partial charge in [0.1, 0.15) is 11.6 Å². The van der Waals surface area contributed by atoms with Crippen LogP contribution in [0.2, 0.25) is 0 Å². The number of hydrogen-bond donors (Lipinski definition) is 1. The number of ether oxygens (including phenoxy) is 4. The molecular formula is C19H28N2O6. The normalized spacial score (nSPS) is 18.3. The van der Waals surface area contributed by atoms with E-state index in [2.05, 4.69) is 10.3 Å². The highest BCUT2D eigenvalue weighted by Gasteiger charge is 2.25. The fourth-order valence-corrected chi connectivity index (χ4v) is 2.60. The van der Waals surface area contributed by atoms with Crippen LogP contribution in [-0.2, 0) is 25.4 Å². The quantitative estimate of drug-likeness (QED) is 0.758. The van der Waals surface area contributed by atoms with E-state index < -0.39 is 23.7 Å². The molecule has 0 spiro atoms. The van der Waals surface area contributed by atoms with Crippen molar-refractivity contribution >= 4 is 12.1 Å². The Hall–Kier alpha value is -2.35. The van der Waals surface area contributed by atoms with Crippen LogP contribution in [0.25, 0.3) is 0 Å². The van der Waals surface area contributed by atoms with E-state index in [-0.39, 0.29) is 12.7 Å². The smallest absolute Gasteiger partial charge is 0.408 e. The molecule has 1 aliphatic rings. The van der Waals surface area contributed by atoms with Gasteiger partial charge in [-0.3, -0.25) is 0 Å². The molecule has 8 nitrogen and oxygen atoms in total. The molecule has 1 N–H and O–H groups in total. The number of rotatable bonds is 6. The monoisotopic (exact) mass is 380 g/mol. The van der Waals surface area contributed by atoms with Gasteiger partial charge in [0, 0.05) is 25.1 Å². The summed E-state index contributed by atoms with van der Waals surface area (Å²) >= 11 is 0. The Bertz CT molecular complexity index is 637. The van der Waals surface area contributed by atoms with Gasteiger partial charge < -0.3 is 24.3 Å². The van der Waals surface area contributed by atoms with Crippen LogP contribution in [-0.4, -0.2) is 48.7 Å². The molecule has 2 rings (SSSR count). The van der Waals surface area contributed by atoms with Crippen molar-refractivity contribution in [3.63, 3.8) is 0 Å². The third kappa shape index (κ3) is 7.42. The summed E-state index contributed by atoms with van der Waals surface area (Å²) in [6, 6.07) is 2.59. The van der Waals surface area contributed by atoms with Gasteiger partial charge in [-0.25, -0.2) is 14.6 Å². The predicted octanol–water partition coefficient (Wildman–Crippen LogP) is 2.60. The summed E-state index contributed by atoms with van der Waals surface area (Å²) in [6.45, 7) is 5.92. The minimum absolute atomic E-state index is 0.219. The molecule has 0 aromatic carbocycles. The lowest BCUT2D eigenvalue weighted by atomic mass is 10.1. The van der Waals surface area contributed by atoms with Crippen LogP contribution < -0.4 is 10.1 Å². The van der Waals surface area contributed by atoms with Crippen molar-refractivity contribution in [3.05, 3.63) is 23.9 Å². The number of nitrogens with one attached hydrogen (secondary N) is 1. The number of aromatic nitrogens is 1. The average Bonchev–Trinajstić information content (AvgIpc) is 2.60. The zero-order valence-corrected chi connectivity index (χ0v) is 16.3. The first-order chi connectivity index (χ1) is 12.8. The Kier molecular flexibility index (Phi) is 7.41. The van der Waals surface area contributed by atoms with Crippen LogP contribution in [0.5, 0.6) is 5.88 Å². The van der Waals surface area contributed by atoms with Gasteiger partial charge in [-0.2, -0.15) is 0 Å². The summed E-state index contributed by atoms with van der Waals surface area (Å²) < 4.78 is 21.3. The molecule has 1 aromatic heterocycles. The first-order valence-electron chi connectivity index (χ1n) is 9.07. The second-order valence-electron chi connectivity index (χ2n) is 7.34. The molecule has 0 aliphatic carbocycles. The number of carbonyl (C=O) groups excluding carboxylic acids is 2. The Balaban J connectivity index is 2.02. The van der Waals surface area contributed by atoms with E-state index in [0.29, 0.717) is 12.5 Å². The first-order valence-corrected chi connectivity index (χ1v) is 9.07. The second kappa shape index (κ2) is 9.55. The van der Waals surface area contributed by atoms with Crippen molar-refractivity contribution in [2.45, 2.75) is 64.4 Å². The molecule has 1 saturated heterocycles. The Morgan fingerprint density at radius 1 is 1.37 bits per heavy atom. The van der Waals surface area contributed by atoms with Gasteiger partial charge in [-0.05, 0) is 45.2 Å². The summed E-state index contributed by atoms with van der Waals surface area (Å²) in [7, 11) is 1.27. The van der Waals surface area contributed by atoms with E-state index in [1.54, 1.807) is 39.1 Å². The molecule has 1 aliphatic heterocycles. The summed E-state index contributed by atoms with van der Waals surface area (Å²) in [6.07, 6.45) is 3.72. The summed E-state index contributed by atoms with van der Waals surface area (Å²) in [4.78, 5) is 28.3. The fourth-order valence-electron chi connectivity index (χ4n) is 2.60. The van der Waals surface area contributed by atoms with E-state index in [1.807, 2.05) is 0 Å². The van der Waals surface area contributed by atoms with Crippen molar-refractivity contribution in [1.29, 1.82) is 0 Å². The number of alkyl carbamates (subject to hydrolysis) is 1. The molecule has 1 aromatic rings. The number of esters is 1. The van der Waals surface area contributed by atoms with Gasteiger partial charge in [0.15, 0.2) is 0 Å². The number of carbonyl (C=O) groups is 2. The molecule has 0 radical (unpaired) electrons. The number of methoxy groups -OCH3 is 1. The van der Waals surface area contributed by atoms with Gasteiger partial charge in [-0.15, -0.1) is 0 Å². The SMILES string of the molecule is COC(=O)[C@H](Cc1ccnc(OC2CCCCO2)c1)NC(=O)OC(C)(C)C. The largest absolute Gasteiger partial charge is 0.467 e. The van der Waals surface area contributed by atoms with Crippen molar-refractivity contribution < 1.29 is 28.5 Å². The zero-order chi connectivity index (χ0) is 19.9. The Morgan fingerprint density at radius 2 is 2.15 bits per heavy atom. The lowest BCUT2D eigenvalue weighted by Gasteiger charge is -2.23. The number of nitrogens with zero attached hydrogens (tertiary/aromatic N) is 1. The highest BCUT2D eigenvalue weighted by atomic mass is 16.7. The van der Waals surface area contributed by atoms with E-state index in [1.165, 1.54) is 7.11 Å². The molecule has 27 heavy (non-hydrogen) atoms. The maximum atomic E-state index is 12.1. The third-order valence-corrected chi connectivity index (χ3v) is 3.81. The van der Waals surface area contributed by atoms with E-state index in [0.717, 1.165) is 24.8 Å². The maximum absolute atomic E-state index is 12.1. The molecule has 2 atom stereocenters. The minimum Gasteiger partial charge on any atom is -0.467 e. The Labute approximate surface area is 159 Å². The maximum Gasteiger partial charge on any atom is 0.408 e. The summed E-state index contributed by atoms with van der Waals surface area (Å²) in [5, 5.41) is 2.55. The molecule has 8 heteroatoms. The van der Waals surface area contributed by atoms with E-state index in [4.69, 9.17) is 18.9 Å². The highest BCUT2D eigenvalue weighted by molar-refractivity contribution is 5.81. The summed E-state index contributed by atoms with van der Waals surface area (Å²) in [5.41, 5.74) is 0.102. The molecule has 2 heterocycles.